The summed E-state index contributed by atoms with van der Waals surface area (Å²) in [6.45, 7) is 11.7. The van der Waals surface area contributed by atoms with Crippen LogP contribution in [0, 0.1) is 18.2 Å². The topological polar surface area (TPSA) is 51.8 Å². The van der Waals surface area contributed by atoms with Gasteiger partial charge in [0.15, 0.2) is 0 Å². The fourth-order valence-corrected chi connectivity index (χ4v) is 6.35. The van der Waals surface area contributed by atoms with Crippen molar-refractivity contribution in [1.29, 1.82) is 0 Å². The zero-order chi connectivity index (χ0) is 27.4. The molecule has 4 aromatic heterocycles. The summed E-state index contributed by atoms with van der Waals surface area (Å²) in [5.41, 5.74) is 6.87. The Labute approximate surface area is 251 Å². The van der Waals surface area contributed by atoms with Gasteiger partial charge in [0.1, 0.15) is 5.58 Å². The van der Waals surface area contributed by atoms with Crippen molar-refractivity contribution in [3.8, 4) is 22.5 Å². The predicted molar refractivity (Wildman–Crippen MR) is 164 cm³/mol. The molecule has 0 aliphatic heterocycles. The van der Waals surface area contributed by atoms with Gasteiger partial charge in [-0.2, -0.15) is 0 Å². The maximum Gasteiger partial charge on any atom is 0.121 e. The van der Waals surface area contributed by atoms with Crippen LogP contribution in [0.4, 0.5) is 0 Å². The Morgan fingerprint density at radius 1 is 0.850 bits per heavy atom. The fraction of sp³-hybridized carbons (Fsp3) is 0.206. The van der Waals surface area contributed by atoms with E-state index in [2.05, 4.69) is 79.0 Å². The average molecular weight is 720 g/mol. The number of hydrogen-bond acceptors (Lipinski definition) is 4. The second kappa shape index (κ2) is 12.8. The van der Waals surface area contributed by atoms with Gasteiger partial charge in [-0.1, -0.05) is 81.0 Å². The summed E-state index contributed by atoms with van der Waals surface area (Å²) in [5, 5.41) is 3.55. The average Bonchev–Trinajstić information content (AvgIpc) is 3.32. The largest absolute Gasteiger partial charge is 0.500 e. The maximum atomic E-state index is 5.93. The summed E-state index contributed by atoms with van der Waals surface area (Å²) in [4.78, 5) is 13.2. The van der Waals surface area contributed by atoms with Gasteiger partial charge in [0.25, 0.3) is 0 Å². The van der Waals surface area contributed by atoms with E-state index >= 15 is 0 Å². The second-order valence-corrected chi connectivity index (χ2v) is 16.2. The molecule has 0 saturated heterocycles. The molecule has 6 aromatic rings. The molecule has 205 valence electrons. The van der Waals surface area contributed by atoms with E-state index < -0.39 is 8.07 Å². The predicted octanol–water partition coefficient (Wildman–Crippen LogP) is 8.13. The molecule has 40 heavy (non-hydrogen) atoms. The number of fused-ring (bicyclic) bond motifs is 3. The molecule has 4 nitrogen and oxygen atoms in total. The van der Waals surface area contributed by atoms with E-state index in [1.165, 1.54) is 10.8 Å². The molecule has 4 heterocycles. The quantitative estimate of drug-likeness (QED) is 0.133. The van der Waals surface area contributed by atoms with Crippen LogP contribution in [0.1, 0.15) is 19.4 Å². The summed E-state index contributed by atoms with van der Waals surface area (Å²) in [7, 11) is -1.34. The van der Waals surface area contributed by atoms with Crippen molar-refractivity contribution in [2.75, 3.05) is 0 Å². The normalized spacial score (nSPS) is 11.2. The Morgan fingerprint density at radius 2 is 1.62 bits per heavy atom. The van der Waals surface area contributed by atoms with E-state index in [9.17, 15) is 0 Å². The first-order valence-corrected chi connectivity index (χ1v) is 16.9. The van der Waals surface area contributed by atoms with Crippen molar-refractivity contribution in [1.82, 2.24) is 15.0 Å². The van der Waals surface area contributed by atoms with Gasteiger partial charge in [0, 0.05) is 37.9 Å². The minimum absolute atomic E-state index is 0. The van der Waals surface area contributed by atoms with Gasteiger partial charge in [0.2, 0.25) is 0 Å². The Morgan fingerprint density at radius 3 is 2.33 bits per heavy atom. The molecule has 2 aromatic carbocycles. The summed E-state index contributed by atoms with van der Waals surface area (Å²) in [6.07, 6.45) is 9.76. The Balaban J connectivity index is 0.000000180. The van der Waals surface area contributed by atoms with Crippen molar-refractivity contribution in [3.63, 3.8) is 0 Å². The standard InChI is InChI=1S/C18H24NSi.C16H9N2O.Ir/c1-14(2)11-16-12-17(15-9-7-6-8-10-15)19-13-18(16)20(3,4)5;1-2-7-15-11(5-1)12-9-17-10-13(16(12)19-15)14-6-3-4-8-18-14;/h6-9,12-14H,11H2,1-5H3;1-9H;/q2*-1;. The molecule has 0 amide bonds. The van der Waals surface area contributed by atoms with Crippen molar-refractivity contribution >= 4 is 35.2 Å². The molecule has 0 spiro atoms. The molecule has 0 saturated carbocycles. The minimum atomic E-state index is -1.34. The van der Waals surface area contributed by atoms with E-state index in [0.29, 0.717) is 5.92 Å². The van der Waals surface area contributed by atoms with Crippen molar-refractivity contribution in [3.05, 3.63) is 109 Å². The van der Waals surface area contributed by atoms with Gasteiger partial charge in [-0.25, -0.2) is 0 Å². The number of nitrogens with zero attached hydrogens (tertiary/aromatic N) is 3. The summed E-state index contributed by atoms with van der Waals surface area (Å²) in [6, 6.07) is 27.3. The number of benzene rings is 2. The third kappa shape index (κ3) is 6.64. The summed E-state index contributed by atoms with van der Waals surface area (Å²) < 4.78 is 5.93. The van der Waals surface area contributed by atoms with E-state index in [0.717, 1.165) is 50.9 Å². The summed E-state index contributed by atoms with van der Waals surface area (Å²) in [5.74, 6) is 0.667. The second-order valence-electron chi connectivity index (χ2n) is 11.2. The molecule has 6 heteroatoms. The first kappa shape index (κ1) is 29.5. The third-order valence-electron chi connectivity index (χ3n) is 6.56. The molecule has 0 bridgehead atoms. The number of furan rings is 1. The molecule has 0 aliphatic carbocycles. The third-order valence-corrected chi connectivity index (χ3v) is 8.63. The fourth-order valence-electron chi connectivity index (χ4n) is 4.76. The van der Waals surface area contributed by atoms with E-state index in [-0.39, 0.29) is 20.1 Å². The van der Waals surface area contributed by atoms with Gasteiger partial charge in [-0.05, 0) is 58.8 Å². The number of rotatable bonds is 5. The van der Waals surface area contributed by atoms with Crippen LogP contribution in [0.25, 0.3) is 44.5 Å². The van der Waals surface area contributed by atoms with E-state index in [4.69, 9.17) is 4.42 Å². The van der Waals surface area contributed by atoms with Crippen molar-refractivity contribution in [2.24, 2.45) is 5.92 Å². The van der Waals surface area contributed by atoms with Gasteiger partial charge < -0.3 is 19.4 Å². The summed E-state index contributed by atoms with van der Waals surface area (Å²) >= 11 is 0. The number of aromatic nitrogens is 3. The van der Waals surface area contributed by atoms with Crippen LogP contribution >= 0.6 is 0 Å². The van der Waals surface area contributed by atoms with Crippen LogP contribution in [-0.2, 0) is 26.5 Å². The number of hydrogen-bond donors (Lipinski definition) is 0. The van der Waals surface area contributed by atoms with Gasteiger partial charge in [-0.3, -0.25) is 0 Å². The molecular weight excluding hydrogens is 687 g/mol. The molecule has 0 unspecified atom stereocenters. The molecular formula is C34H33IrN3OSi-2. The monoisotopic (exact) mass is 720 g/mol. The van der Waals surface area contributed by atoms with E-state index in [1.807, 2.05) is 60.7 Å². The van der Waals surface area contributed by atoms with Crippen molar-refractivity contribution in [2.45, 2.75) is 39.9 Å². The van der Waals surface area contributed by atoms with Crippen LogP contribution in [0.5, 0.6) is 0 Å². The van der Waals surface area contributed by atoms with Crippen LogP contribution in [0.15, 0.2) is 95.8 Å². The van der Waals surface area contributed by atoms with Crippen LogP contribution < -0.4 is 5.19 Å². The van der Waals surface area contributed by atoms with Gasteiger partial charge in [-0.15, -0.1) is 35.9 Å². The molecule has 0 atom stereocenters. The molecule has 0 N–H and O–H groups in total. The van der Waals surface area contributed by atoms with Crippen LogP contribution in [0.2, 0.25) is 19.6 Å². The smallest absolute Gasteiger partial charge is 0.121 e. The van der Waals surface area contributed by atoms with Crippen molar-refractivity contribution < 1.29 is 24.5 Å². The van der Waals surface area contributed by atoms with Gasteiger partial charge >= 0.3 is 0 Å². The zero-order valence-corrected chi connectivity index (χ0v) is 26.9. The Kier molecular flexibility index (Phi) is 9.46. The van der Waals surface area contributed by atoms with Crippen LogP contribution in [0.3, 0.4) is 0 Å². The first-order valence-electron chi connectivity index (χ1n) is 13.4. The maximum absolute atomic E-state index is 5.93. The molecule has 0 fully saturated rings. The van der Waals surface area contributed by atoms with Crippen LogP contribution in [-0.4, -0.2) is 23.0 Å². The zero-order valence-electron chi connectivity index (χ0n) is 23.5. The Hall–Kier alpha value is -3.44. The number of pyridine rings is 3. The van der Waals surface area contributed by atoms with E-state index in [1.54, 1.807) is 12.4 Å². The molecule has 6 rings (SSSR count). The number of para-hydroxylation sites is 1. The molecule has 0 aliphatic rings. The first-order chi connectivity index (χ1) is 18.8. The Bertz CT molecular complexity index is 1690. The minimum Gasteiger partial charge on any atom is -0.500 e. The van der Waals surface area contributed by atoms with Gasteiger partial charge in [0.05, 0.1) is 13.7 Å². The molecule has 1 radical (unpaired) electrons. The SMILES string of the molecule is CC(C)Cc1cc(-c2[c-]cccc2)ncc1[Si](C)(C)C.[Ir].[c-]1ncc2c(oc3ccccc32)c1-c1ccccn1.